The lowest BCUT2D eigenvalue weighted by Gasteiger charge is -2.49. The van der Waals surface area contributed by atoms with Crippen molar-refractivity contribution in [1.29, 1.82) is 0 Å². The Bertz CT molecular complexity index is 683. The number of quaternary nitrogens is 3. The Balaban J connectivity index is 2.89. The Labute approximate surface area is 126 Å². The third-order valence-electron chi connectivity index (χ3n) is 3.16. The molecule has 6 N–H and O–H groups in total. The van der Waals surface area contributed by atoms with Crippen LogP contribution in [0.25, 0.3) is 10.9 Å². The van der Waals surface area contributed by atoms with Crippen LogP contribution in [-0.2, 0) is 5.79 Å². The highest BCUT2D eigenvalue weighted by atomic mass is 17.2. The first-order valence-electron chi connectivity index (χ1n) is 5.85. The molecule has 0 unspecified atom stereocenters. The summed E-state index contributed by atoms with van der Waals surface area (Å²) in [6.45, 7) is 0. The standard InChI is InChI=1S/C10H12N4O9/c15-12(16,17)10(13(18,19)20,14(21,22)23)9-6-5-7-3-1-2-4-8(7)11-9/h1-6,15-16,18-19,21-22H. The molecule has 13 nitrogen and oxygen atoms in total. The van der Waals surface area contributed by atoms with Gasteiger partial charge in [0.2, 0.25) is 5.69 Å². The van der Waals surface area contributed by atoms with Crippen LogP contribution in [0.5, 0.6) is 0 Å². The van der Waals surface area contributed by atoms with Gasteiger partial charge < -0.3 is 15.6 Å². The Kier molecular flexibility index (Phi) is 3.86. The lowest BCUT2D eigenvalue weighted by molar-refractivity contribution is -1.55. The molecule has 0 atom stereocenters. The van der Waals surface area contributed by atoms with Gasteiger partial charge in [0.15, 0.2) is 0 Å². The molecule has 23 heavy (non-hydrogen) atoms. The summed E-state index contributed by atoms with van der Waals surface area (Å²) in [7, 11) is 0. The molecule has 0 amide bonds. The van der Waals surface area contributed by atoms with Crippen LogP contribution in [0.4, 0.5) is 0 Å². The molecule has 0 aliphatic heterocycles. The molecule has 0 spiro atoms. The number of para-hydroxylation sites is 1. The predicted molar refractivity (Wildman–Crippen MR) is 65.0 cm³/mol. The maximum Gasteiger partial charge on any atom is 0.576 e. The molecular formula is C10H12N4O9. The average Bonchev–Trinajstić information content (AvgIpc) is 2.33. The summed E-state index contributed by atoms with van der Waals surface area (Å²) in [5, 5.41) is 89.8. The van der Waals surface area contributed by atoms with Crippen molar-refractivity contribution in [2.75, 3.05) is 0 Å². The van der Waals surface area contributed by atoms with Crippen molar-refractivity contribution < 1.29 is 46.2 Å². The molecule has 0 saturated heterocycles. The van der Waals surface area contributed by atoms with Gasteiger partial charge in [-0.1, -0.05) is 24.3 Å². The Morgan fingerprint density at radius 2 is 1.22 bits per heavy atom. The van der Waals surface area contributed by atoms with Crippen molar-refractivity contribution in [2.24, 2.45) is 0 Å². The monoisotopic (exact) mass is 332 g/mol. The van der Waals surface area contributed by atoms with Gasteiger partial charge in [-0.3, -0.25) is 0 Å². The van der Waals surface area contributed by atoms with E-state index in [1.807, 2.05) is 0 Å². The fourth-order valence-electron chi connectivity index (χ4n) is 2.21. The number of fused-ring (bicyclic) bond motifs is 1. The minimum absolute atomic E-state index is 0.0234. The highest BCUT2D eigenvalue weighted by Gasteiger charge is 2.79. The van der Waals surface area contributed by atoms with Gasteiger partial charge in [0, 0.05) is 20.3 Å². The van der Waals surface area contributed by atoms with Crippen LogP contribution in [0.2, 0.25) is 0 Å². The zero-order valence-electron chi connectivity index (χ0n) is 11.2. The molecule has 13 heteroatoms. The van der Waals surface area contributed by atoms with Gasteiger partial charge in [-0.2, -0.15) is 31.2 Å². The smallest absolute Gasteiger partial charge is 0.554 e. The molecule has 1 heterocycles. The van der Waals surface area contributed by atoms with E-state index in [0.29, 0.717) is 11.5 Å². The van der Waals surface area contributed by atoms with Crippen molar-refractivity contribution in [3.05, 3.63) is 57.7 Å². The zero-order chi connectivity index (χ0) is 17.7. The van der Waals surface area contributed by atoms with E-state index in [0.717, 1.165) is 6.07 Å². The van der Waals surface area contributed by atoms with Crippen LogP contribution < -0.4 is 0 Å². The Hall–Kier alpha value is -1.85. The number of hydrogen-bond acceptors (Lipinski definition) is 10. The van der Waals surface area contributed by atoms with E-state index < -0.39 is 26.4 Å². The fourth-order valence-corrected chi connectivity index (χ4v) is 2.21. The SMILES string of the molecule is [O-][N+](O)(O)C(c1ccc2ccccc2n1)([N+]([O-])(O)O)[N+]([O-])(O)O. The predicted octanol–water partition coefficient (Wildman–Crippen LogP) is 0.624. The summed E-state index contributed by atoms with van der Waals surface area (Å²) >= 11 is 0. The van der Waals surface area contributed by atoms with Gasteiger partial charge in [-0.15, -0.1) is 0 Å². The van der Waals surface area contributed by atoms with Crippen molar-refractivity contribution in [1.82, 2.24) is 4.98 Å². The van der Waals surface area contributed by atoms with Crippen LogP contribution >= 0.6 is 0 Å². The molecule has 0 radical (unpaired) electrons. The first-order valence-corrected chi connectivity index (χ1v) is 5.85. The van der Waals surface area contributed by atoms with E-state index in [2.05, 4.69) is 4.98 Å². The van der Waals surface area contributed by atoms with Crippen molar-refractivity contribution in [2.45, 2.75) is 5.79 Å². The lowest BCUT2D eigenvalue weighted by atomic mass is 10.1. The first-order chi connectivity index (χ1) is 10.3. The first kappa shape index (κ1) is 17.5. The molecule has 126 valence electrons. The van der Waals surface area contributed by atoms with Crippen LogP contribution in [0.1, 0.15) is 5.69 Å². The van der Waals surface area contributed by atoms with E-state index in [4.69, 9.17) is 31.2 Å². The number of aromatic nitrogens is 1. The van der Waals surface area contributed by atoms with Gasteiger partial charge in [-0.05, 0) is 12.1 Å². The lowest BCUT2D eigenvalue weighted by Crippen LogP contribution is -2.80. The molecule has 0 saturated carbocycles. The number of benzene rings is 1. The number of pyridine rings is 1. The quantitative estimate of drug-likeness (QED) is 0.261. The third kappa shape index (κ3) is 2.54. The molecule has 2 rings (SSSR count). The van der Waals surface area contributed by atoms with Crippen LogP contribution in [0.3, 0.4) is 0 Å². The summed E-state index contributed by atoms with van der Waals surface area (Å²) < 4.78 is 0. The molecule has 0 aliphatic carbocycles. The second-order valence-corrected chi connectivity index (χ2v) is 4.66. The van der Waals surface area contributed by atoms with Crippen molar-refractivity contribution in [3.8, 4) is 0 Å². The molecule has 1 aromatic heterocycles. The minimum Gasteiger partial charge on any atom is -0.554 e. The van der Waals surface area contributed by atoms with Crippen molar-refractivity contribution in [3.63, 3.8) is 0 Å². The largest absolute Gasteiger partial charge is 0.576 e. The van der Waals surface area contributed by atoms with E-state index in [1.54, 1.807) is 6.07 Å². The van der Waals surface area contributed by atoms with Gasteiger partial charge in [0.25, 0.3) is 0 Å². The van der Waals surface area contributed by atoms with E-state index in [9.17, 15) is 15.6 Å². The topological polar surface area (TPSA) is 203 Å². The molecule has 2 aromatic rings. The Morgan fingerprint density at radius 3 is 1.70 bits per heavy atom. The fraction of sp³-hybridized carbons (Fsp3) is 0.100. The second kappa shape index (κ2) is 5.08. The van der Waals surface area contributed by atoms with E-state index in [1.165, 1.54) is 18.2 Å². The van der Waals surface area contributed by atoms with E-state index >= 15 is 0 Å². The van der Waals surface area contributed by atoms with Gasteiger partial charge in [0.1, 0.15) is 0 Å². The second-order valence-electron chi connectivity index (χ2n) is 4.66. The van der Waals surface area contributed by atoms with Gasteiger partial charge >= 0.3 is 5.79 Å². The van der Waals surface area contributed by atoms with Gasteiger partial charge in [0.05, 0.1) is 5.52 Å². The van der Waals surface area contributed by atoms with E-state index in [-0.39, 0.29) is 5.52 Å². The summed E-state index contributed by atoms with van der Waals surface area (Å²) in [5.41, 5.74) is -1.33. The van der Waals surface area contributed by atoms with Crippen LogP contribution in [0.15, 0.2) is 36.4 Å². The highest BCUT2D eigenvalue weighted by molar-refractivity contribution is 5.78. The zero-order valence-corrected chi connectivity index (χ0v) is 11.2. The Morgan fingerprint density at radius 1 is 0.739 bits per heavy atom. The normalized spacial score (nSPS) is 14.3. The molecule has 0 bridgehead atoms. The van der Waals surface area contributed by atoms with Crippen LogP contribution in [-0.4, -0.2) is 51.1 Å². The summed E-state index contributed by atoms with van der Waals surface area (Å²) in [6, 6.07) is 7.62. The molecular weight excluding hydrogens is 320 g/mol. The maximum atomic E-state index is 11.5. The molecule has 0 aliphatic rings. The summed E-state index contributed by atoms with van der Waals surface area (Å²) in [4.78, 5) is -8.74. The maximum absolute atomic E-state index is 11.5. The highest BCUT2D eigenvalue weighted by Crippen LogP contribution is 2.43. The number of nitrogens with zero attached hydrogens (tertiary/aromatic N) is 4. The average molecular weight is 332 g/mol. The molecule has 1 aromatic carbocycles. The number of rotatable bonds is 4. The number of hydrogen-bond donors (Lipinski definition) is 6. The summed E-state index contributed by atoms with van der Waals surface area (Å²) in [6.07, 6.45) is 0. The molecule has 0 fully saturated rings. The number of hydroxylamine groups is 9. The van der Waals surface area contributed by atoms with Gasteiger partial charge in [-0.25, -0.2) is 4.98 Å². The third-order valence-corrected chi connectivity index (χ3v) is 3.16. The summed E-state index contributed by atoms with van der Waals surface area (Å²) in [5.74, 6) is -4.58. The van der Waals surface area contributed by atoms with Crippen LogP contribution in [0, 0.1) is 15.6 Å². The minimum atomic E-state index is -4.58. The van der Waals surface area contributed by atoms with Crippen molar-refractivity contribution >= 4 is 10.9 Å².